The van der Waals surface area contributed by atoms with E-state index >= 15 is 0 Å². The Bertz CT molecular complexity index is 1040. The molecule has 1 aliphatic heterocycles. The maximum Gasteiger partial charge on any atom is 0.335 e. The number of hydrogen-bond acceptors (Lipinski definition) is 2. The second kappa shape index (κ2) is 5.09. The average Bonchev–Trinajstić information content (AvgIpc) is 2.83. The molecule has 0 atom stereocenters. The van der Waals surface area contributed by atoms with Crippen LogP contribution >= 0.6 is 0 Å². The van der Waals surface area contributed by atoms with Gasteiger partial charge in [0.15, 0.2) is 0 Å². The standard InChI is InChI=1S/C19H13NO4/c21-18(22)13-6-5-12-8-17-15-4-2-1-3-11(15)7-14(19(23)24)10-20(17)16(12)9-13/h1-9H,10H2,(H,21,22)(H,23,24). The summed E-state index contributed by atoms with van der Waals surface area (Å²) >= 11 is 0. The summed E-state index contributed by atoms with van der Waals surface area (Å²) in [5, 5.41) is 19.6. The third kappa shape index (κ3) is 2.10. The quantitative estimate of drug-likeness (QED) is 0.758. The smallest absolute Gasteiger partial charge is 0.335 e. The first kappa shape index (κ1) is 14.3. The number of fused-ring (bicyclic) bond motifs is 5. The second-order valence-electron chi connectivity index (χ2n) is 5.76. The van der Waals surface area contributed by atoms with Gasteiger partial charge < -0.3 is 14.8 Å². The molecule has 118 valence electrons. The van der Waals surface area contributed by atoms with E-state index in [0.717, 1.165) is 22.2 Å². The lowest BCUT2D eigenvalue weighted by Crippen LogP contribution is -2.08. The van der Waals surface area contributed by atoms with Crippen molar-refractivity contribution in [1.82, 2.24) is 4.57 Å². The van der Waals surface area contributed by atoms with E-state index in [0.29, 0.717) is 5.52 Å². The Kier molecular flexibility index (Phi) is 3.03. The molecule has 2 aromatic carbocycles. The van der Waals surface area contributed by atoms with Crippen molar-refractivity contribution in [3.05, 3.63) is 65.2 Å². The fraction of sp³-hybridized carbons (Fsp3) is 0.0526. The Labute approximate surface area is 137 Å². The zero-order valence-corrected chi connectivity index (χ0v) is 12.6. The third-order valence-corrected chi connectivity index (χ3v) is 4.32. The summed E-state index contributed by atoms with van der Waals surface area (Å²) in [6.45, 7) is 0.186. The van der Waals surface area contributed by atoms with Gasteiger partial charge in [0.2, 0.25) is 0 Å². The molecule has 0 radical (unpaired) electrons. The molecule has 0 saturated carbocycles. The van der Waals surface area contributed by atoms with Crippen molar-refractivity contribution in [1.29, 1.82) is 0 Å². The van der Waals surface area contributed by atoms with Crippen LogP contribution in [-0.2, 0) is 11.3 Å². The Hall–Kier alpha value is -3.34. The minimum absolute atomic E-state index is 0.182. The van der Waals surface area contributed by atoms with Gasteiger partial charge in [0.05, 0.1) is 23.4 Å². The molecule has 2 heterocycles. The van der Waals surface area contributed by atoms with Crippen LogP contribution in [-0.4, -0.2) is 26.7 Å². The summed E-state index contributed by atoms with van der Waals surface area (Å²) in [5.41, 5.74) is 3.82. The van der Waals surface area contributed by atoms with Crippen LogP contribution in [0.4, 0.5) is 0 Å². The van der Waals surface area contributed by atoms with E-state index in [9.17, 15) is 19.8 Å². The van der Waals surface area contributed by atoms with Gasteiger partial charge in [-0.05, 0) is 29.8 Å². The van der Waals surface area contributed by atoms with E-state index in [1.54, 1.807) is 24.3 Å². The molecule has 4 rings (SSSR count). The first-order chi connectivity index (χ1) is 11.5. The summed E-state index contributed by atoms with van der Waals surface area (Å²) in [6, 6.07) is 14.5. The number of benzene rings is 2. The number of carbonyl (C=O) groups is 2. The minimum atomic E-state index is -1.00. The molecule has 1 aromatic heterocycles. The van der Waals surface area contributed by atoms with Gasteiger partial charge in [0.25, 0.3) is 0 Å². The Balaban J connectivity index is 2.06. The lowest BCUT2D eigenvalue weighted by molar-refractivity contribution is -0.132. The number of carboxylic acid groups (broad SMARTS) is 2. The SMILES string of the molecule is O=C(O)C1=Cc2ccccc2-c2cc3ccc(C(=O)O)cc3n2C1. The third-order valence-electron chi connectivity index (χ3n) is 4.32. The number of nitrogens with zero attached hydrogens (tertiary/aromatic N) is 1. The highest BCUT2D eigenvalue weighted by Crippen LogP contribution is 2.35. The summed E-state index contributed by atoms with van der Waals surface area (Å²) in [6.07, 6.45) is 1.68. The largest absolute Gasteiger partial charge is 0.478 e. The van der Waals surface area contributed by atoms with Crippen LogP contribution in [0.2, 0.25) is 0 Å². The molecule has 0 bridgehead atoms. The molecule has 0 spiro atoms. The maximum absolute atomic E-state index is 11.6. The molecular weight excluding hydrogens is 306 g/mol. The highest BCUT2D eigenvalue weighted by Gasteiger charge is 2.21. The van der Waals surface area contributed by atoms with Gasteiger partial charge in [0.1, 0.15) is 0 Å². The van der Waals surface area contributed by atoms with E-state index in [1.165, 1.54) is 0 Å². The van der Waals surface area contributed by atoms with Crippen molar-refractivity contribution in [2.24, 2.45) is 0 Å². The zero-order valence-electron chi connectivity index (χ0n) is 12.6. The first-order valence-electron chi connectivity index (χ1n) is 7.44. The molecule has 1 aliphatic rings. The van der Waals surface area contributed by atoms with E-state index < -0.39 is 11.9 Å². The van der Waals surface area contributed by atoms with Crippen LogP contribution in [0.15, 0.2) is 54.1 Å². The highest BCUT2D eigenvalue weighted by molar-refractivity contribution is 5.99. The number of hydrogen-bond donors (Lipinski definition) is 2. The van der Waals surface area contributed by atoms with Crippen LogP contribution in [0.3, 0.4) is 0 Å². The Morgan fingerprint density at radius 2 is 1.75 bits per heavy atom. The van der Waals surface area contributed by atoms with E-state index in [4.69, 9.17) is 0 Å². The van der Waals surface area contributed by atoms with Gasteiger partial charge in [-0.15, -0.1) is 0 Å². The van der Waals surface area contributed by atoms with Crippen molar-refractivity contribution in [3.8, 4) is 11.3 Å². The van der Waals surface area contributed by atoms with Crippen LogP contribution in [0.5, 0.6) is 0 Å². The minimum Gasteiger partial charge on any atom is -0.478 e. The fourth-order valence-electron chi connectivity index (χ4n) is 3.17. The number of aliphatic carboxylic acids is 1. The molecule has 3 aromatic rings. The molecule has 5 heteroatoms. The molecule has 24 heavy (non-hydrogen) atoms. The van der Waals surface area contributed by atoms with Crippen LogP contribution in [0.25, 0.3) is 28.2 Å². The second-order valence-corrected chi connectivity index (χ2v) is 5.76. The van der Waals surface area contributed by atoms with E-state index in [1.807, 2.05) is 34.9 Å². The molecule has 0 saturated heterocycles. The van der Waals surface area contributed by atoms with Gasteiger partial charge in [-0.1, -0.05) is 30.3 Å². The van der Waals surface area contributed by atoms with Gasteiger partial charge in [-0.25, -0.2) is 9.59 Å². The maximum atomic E-state index is 11.6. The van der Waals surface area contributed by atoms with Crippen molar-refractivity contribution in [2.45, 2.75) is 6.54 Å². The summed E-state index contributed by atoms with van der Waals surface area (Å²) in [7, 11) is 0. The van der Waals surface area contributed by atoms with Crippen LogP contribution in [0, 0.1) is 0 Å². The highest BCUT2D eigenvalue weighted by atomic mass is 16.4. The molecule has 0 unspecified atom stereocenters. The average molecular weight is 319 g/mol. The Morgan fingerprint density at radius 3 is 2.50 bits per heavy atom. The van der Waals surface area contributed by atoms with Crippen LogP contribution < -0.4 is 0 Å². The van der Waals surface area contributed by atoms with Crippen LogP contribution in [0.1, 0.15) is 15.9 Å². The van der Waals surface area contributed by atoms with Crippen molar-refractivity contribution >= 4 is 28.9 Å². The Morgan fingerprint density at radius 1 is 0.958 bits per heavy atom. The van der Waals surface area contributed by atoms with Gasteiger partial charge >= 0.3 is 11.9 Å². The van der Waals surface area contributed by atoms with Crippen molar-refractivity contribution in [2.75, 3.05) is 0 Å². The van der Waals surface area contributed by atoms with Gasteiger partial charge in [-0.3, -0.25) is 0 Å². The normalized spacial score (nSPS) is 12.9. The lowest BCUT2D eigenvalue weighted by Gasteiger charge is -2.09. The summed E-state index contributed by atoms with van der Waals surface area (Å²) < 4.78 is 1.87. The summed E-state index contributed by atoms with van der Waals surface area (Å²) in [5.74, 6) is -1.98. The topological polar surface area (TPSA) is 79.5 Å². The van der Waals surface area contributed by atoms with E-state index in [-0.39, 0.29) is 17.7 Å². The number of carboxylic acids is 2. The monoisotopic (exact) mass is 319 g/mol. The molecule has 0 aliphatic carbocycles. The fourth-order valence-corrected chi connectivity index (χ4v) is 3.17. The molecule has 0 fully saturated rings. The zero-order chi connectivity index (χ0) is 16.8. The van der Waals surface area contributed by atoms with Crippen molar-refractivity contribution < 1.29 is 19.8 Å². The molecule has 0 amide bonds. The van der Waals surface area contributed by atoms with Gasteiger partial charge in [0, 0.05) is 16.5 Å². The first-order valence-corrected chi connectivity index (χ1v) is 7.44. The molecule has 5 nitrogen and oxygen atoms in total. The predicted molar refractivity (Wildman–Crippen MR) is 89.9 cm³/mol. The number of rotatable bonds is 2. The number of aromatic carboxylic acids is 1. The lowest BCUT2D eigenvalue weighted by atomic mass is 10.0. The van der Waals surface area contributed by atoms with Crippen molar-refractivity contribution in [3.63, 3.8) is 0 Å². The summed E-state index contributed by atoms with van der Waals surface area (Å²) in [4.78, 5) is 22.8. The number of aromatic nitrogens is 1. The molecule has 2 N–H and O–H groups in total. The van der Waals surface area contributed by atoms with E-state index in [2.05, 4.69) is 0 Å². The predicted octanol–water partition coefficient (Wildman–Crippen LogP) is 3.49. The molecular formula is C19H13NO4. The van der Waals surface area contributed by atoms with Gasteiger partial charge in [-0.2, -0.15) is 0 Å².